The number of piperidine rings is 3. The first-order valence-corrected chi connectivity index (χ1v) is 14.9. The zero-order chi connectivity index (χ0) is 27.6. The average molecular weight is 550 g/mol. The van der Waals surface area contributed by atoms with E-state index in [0.29, 0.717) is 24.4 Å². The Bertz CT molecular complexity index is 1360. The molecule has 0 aliphatic carbocycles. The van der Waals surface area contributed by atoms with Crippen molar-refractivity contribution in [2.24, 2.45) is 17.0 Å². The lowest BCUT2D eigenvalue weighted by atomic mass is 9.66. The van der Waals surface area contributed by atoms with Gasteiger partial charge in [0.2, 0.25) is 10.0 Å². The third-order valence-electron chi connectivity index (χ3n) is 8.17. The molecule has 8 nitrogen and oxygen atoms in total. The lowest BCUT2D eigenvalue weighted by Gasteiger charge is -2.56. The highest BCUT2D eigenvalue weighted by Crippen LogP contribution is 2.44. The molecule has 0 radical (unpaired) electrons. The van der Waals surface area contributed by atoms with Gasteiger partial charge < -0.3 is 15.2 Å². The predicted octanol–water partition coefficient (Wildman–Crippen LogP) is 3.18. The molecule has 0 spiro atoms. The van der Waals surface area contributed by atoms with Crippen LogP contribution in [-0.2, 0) is 27.1 Å². The van der Waals surface area contributed by atoms with Crippen LogP contribution < -0.4 is 15.2 Å². The summed E-state index contributed by atoms with van der Waals surface area (Å²) in [6, 6.07) is 26.0. The lowest BCUT2D eigenvalue weighted by molar-refractivity contribution is -0.152. The molecule has 3 aliphatic heterocycles. The summed E-state index contributed by atoms with van der Waals surface area (Å²) in [5.41, 5.74) is 3.76. The van der Waals surface area contributed by atoms with Gasteiger partial charge in [-0.1, -0.05) is 66.7 Å². The zero-order valence-electron chi connectivity index (χ0n) is 21.9. The number of benzene rings is 3. The van der Waals surface area contributed by atoms with Crippen LogP contribution in [0, 0.1) is 11.8 Å². The molecule has 0 saturated carbocycles. The highest BCUT2D eigenvalue weighted by molar-refractivity contribution is 7.88. The first kappa shape index (κ1) is 27.3. The van der Waals surface area contributed by atoms with Gasteiger partial charge in [0.15, 0.2) is 0 Å². The molecule has 5 atom stereocenters. The number of ether oxygens (including phenoxy) is 1. The monoisotopic (exact) mass is 549 g/mol. The molecule has 5 unspecified atom stereocenters. The maximum atomic E-state index is 12.3. The van der Waals surface area contributed by atoms with Crippen LogP contribution in [0.3, 0.4) is 0 Å². The average Bonchev–Trinajstić information content (AvgIpc) is 2.93. The van der Waals surface area contributed by atoms with E-state index in [1.807, 2.05) is 36.4 Å². The number of sulfonamides is 1. The van der Waals surface area contributed by atoms with E-state index in [4.69, 9.17) is 9.88 Å². The summed E-state index contributed by atoms with van der Waals surface area (Å²) in [7, 11) is -2.11. The highest BCUT2D eigenvalue weighted by Gasteiger charge is 2.52. The van der Waals surface area contributed by atoms with Crippen LogP contribution in [0.25, 0.3) is 0 Å². The fourth-order valence-corrected chi connectivity index (χ4v) is 7.20. The molecular weight excluding hydrogens is 514 g/mol. The second-order valence-electron chi connectivity index (χ2n) is 10.5. The van der Waals surface area contributed by atoms with E-state index in [1.54, 1.807) is 25.3 Å². The highest BCUT2D eigenvalue weighted by atomic mass is 32.2. The fourth-order valence-electron chi connectivity index (χ4n) is 6.56. The van der Waals surface area contributed by atoms with Crippen molar-refractivity contribution >= 4 is 16.0 Å². The van der Waals surface area contributed by atoms with Crippen molar-refractivity contribution in [1.82, 2.24) is 10.2 Å². The van der Waals surface area contributed by atoms with Gasteiger partial charge in [-0.2, -0.15) is 0 Å². The molecule has 3 aromatic carbocycles. The Morgan fingerprint density at radius 3 is 2.28 bits per heavy atom. The zero-order valence-corrected chi connectivity index (χ0v) is 22.8. The smallest absolute Gasteiger partial charge is 0.308 e. The standard InChI is InChI=1S/C30H35N3O5S/c1-38-26-13-12-20(19-39(31,36)37)16-23(26)17-32-28-24-14-15-33(18-25(24)30(34)35)29(28)27(21-8-4-2-5-9-21)22-10-6-3-7-11-22/h2-13,16,24-25,27-29,32H,14-15,17-19H2,1H3,(H,34,35)(H2,31,36,37). The number of hydrogen-bond acceptors (Lipinski definition) is 6. The van der Waals surface area contributed by atoms with Gasteiger partial charge in [-0.05, 0) is 47.7 Å². The van der Waals surface area contributed by atoms with Crippen LogP contribution in [-0.4, -0.2) is 56.7 Å². The van der Waals surface area contributed by atoms with Gasteiger partial charge in [-0.3, -0.25) is 9.69 Å². The first-order valence-electron chi connectivity index (χ1n) is 13.2. The quantitative estimate of drug-likeness (QED) is 0.355. The van der Waals surface area contributed by atoms with Gasteiger partial charge in [0, 0.05) is 36.7 Å². The largest absolute Gasteiger partial charge is 0.496 e. The maximum absolute atomic E-state index is 12.3. The van der Waals surface area contributed by atoms with Gasteiger partial charge in [0.05, 0.1) is 18.8 Å². The number of primary sulfonamides is 1. The summed E-state index contributed by atoms with van der Waals surface area (Å²) in [6.07, 6.45) is 0.796. The molecule has 0 amide bonds. The van der Waals surface area contributed by atoms with E-state index < -0.39 is 21.9 Å². The number of nitrogens with two attached hydrogens (primary N) is 1. The van der Waals surface area contributed by atoms with Gasteiger partial charge in [0.1, 0.15) is 5.75 Å². The Kier molecular flexibility index (Phi) is 8.04. The topological polar surface area (TPSA) is 122 Å². The molecule has 3 aromatic rings. The molecular formula is C30H35N3O5S. The second-order valence-corrected chi connectivity index (χ2v) is 12.2. The van der Waals surface area contributed by atoms with Crippen LogP contribution in [0.4, 0.5) is 0 Å². The summed E-state index contributed by atoms with van der Waals surface area (Å²) >= 11 is 0. The number of carboxylic acid groups (broad SMARTS) is 1. The number of hydrogen-bond donors (Lipinski definition) is 3. The minimum Gasteiger partial charge on any atom is -0.496 e. The molecule has 9 heteroatoms. The van der Waals surface area contributed by atoms with E-state index in [2.05, 4.69) is 34.5 Å². The van der Waals surface area contributed by atoms with Crippen molar-refractivity contribution in [1.29, 1.82) is 0 Å². The first-order chi connectivity index (χ1) is 18.7. The minimum absolute atomic E-state index is 0.0303. The summed E-state index contributed by atoms with van der Waals surface area (Å²) < 4.78 is 29.0. The second kappa shape index (κ2) is 11.5. The number of carbonyl (C=O) groups is 1. The van der Waals surface area contributed by atoms with Crippen LogP contribution in [0.5, 0.6) is 5.75 Å². The Morgan fingerprint density at radius 2 is 1.72 bits per heavy atom. The summed E-state index contributed by atoms with van der Waals surface area (Å²) in [5.74, 6) is -0.869. The number of methoxy groups -OCH3 is 1. The molecule has 3 aliphatic rings. The number of carboxylic acids is 1. The summed E-state index contributed by atoms with van der Waals surface area (Å²) in [6.45, 7) is 1.77. The molecule has 3 fully saturated rings. The molecule has 0 aromatic heterocycles. The van der Waals surface area contributed by atoms with Crippen molar-refractivity contribution in [2.75, 3.05) is 20.2 Å². The molecule has 3 saturated heterocycles. The van der Waals surface area contributed by atoms with Gasteiger partial charge in [-0.15, -0.1) is 0 Å². The van der Waals surface area contributed by atoms with Gasteiger partial charge in [0.25, 0.3) is 0 Å². The molecule has 39 heavy (non-hydrogen) atoms. The third-order valence-corrected chi connectivity index (χ3v) is 8.90. The van der Waals surface area contributed by atoms with E-state index in [0.717, 1.165) is 18.5 Å². The minimum atomic E-state index is -3.69. The maximum Gasteiger partial charge on any atom is 0.308 e. The van der Waals surface area contributed by atoms with E-state index in [-0.39, 0.29) is 29.7 Å². The normalized spacial score (nSPS) is 24.5. The van der Waals surface area contributed by atoms with Gasteiger partial charge in [-0.25, -0.2) is 13.6 Å². The Morgan fingerprint density at radius 1 is 1.08 bits per heavy atom. The van der Waals surface area contributed by atoms with Crippen molar-refractivity contribution in [3.05, 3.63) is 101 Å². The predicted molar refractivity (Wildman–Crippen MR) is 150 cm³/mol. The number of fused-ring (bicyclic) bond motifs is 3. The Labute approximate surface area is 229 Å². The number of rotatable bonds is 10. The number of aliphatic carboxylic acids is 1. The van der Waals surface area contributed by atoms with Crippen LogP contribution in [0.1, 0.15) is 34.6 Å². The lowest BCUT2D eigenvalue weighted by Crippen LogP contribution is -2.68. The van der Waals surface area contributed by atoms with Crippen molar-refractivity contribution in [3.8, 4) is 5.75 Å². The van der Waals surface area contributed by atoms with Crippen LogP contribution in [0.2, 0.25) is 0 Å². The number of nitrogens with one attached hydrogen (secondary N) is 1. The van der Waals surface area contributed by atoms with Crippen molar-refractivity contribution in [3.63, 3.8) is 0 Å². The van der Waals surface area contributed by atoms with E-state index in [1.165, 1.54) is 11.1 Å². The SMILES string of the molecule is COc1ccc(CS(N)(=O)=O)cc1CNC1C2CCN(CC2C(=O)O)C1C(c1ccccc1)c1ccccc1. The number of nitrogens with zero attached hydrogens (tertiary/aromatic N) is 1. The third kappa shape index (κ3) is 6.01. The Hall–Kier alpha value is -3.24. The van der Waals surface area contributed by atoms with E-state index >= 15 is 0 Å². The Balaban J connectivity index is 1.53. The van der Waals surface area contributed by atoms with Crippen LogP contribution >= 0.6 is 0 Å². The molecule has 206 valence electrons. The van der Waals surface area contributed by atoms with Crippen molar-refractivity contribution < 1.29 is 23.1 Å². The summed E-state index contributed by atoms with van der Waals surface area (Å²) in [4.78, 5) is 14.7. The van der Waals surface area contributed by atoms with Gasteiger partial charge >= 0.3 is 5.97 Å². The van der Waals surface area contributed by atoms with Crippen molar-refractivity contribution in [2.45, 2.75) is 36.7 Å². The van der Waals surface area contributed by atoms with E-state index in [9.17, 15) is 18.3 Å². The van der Waals surface area contributed by atoms with Crippen LogP contribution in [0.15, 0.2) is 78.9 Å². The molecule has 2 bridgehead atoms. The molecule has 6 rings (SSSR count). The molecule has 3 heterocycles. The summed E-state index contributed by atoms with van der Waals surface area (Å²) in [5, 5.41) is 19.1. The molecule has 4 N–H and O–H groups in total. The fraction of sp³-hybridized carbons (Fsp3) is 0.367.